The van der Waals surface area contributed by atoms with E-state index >= 15 is 0 Å². The van der Waals surface area contributed by atoms with E-state index in [2.05, 4.69) is 22.8 Å². The van der Waals surface area contributed by atoms with Crippen LogP contribution < -0.4 is 10.6 Å². The maximum atomic E-state index is 11.7. The van der Waals surface area contributed by atoms with Crippen LogP contribution in [0.5, 0.6) is 0 Å². The zero-order chi connectivity index (χ0) is 12.8. The van der Waals surface area contributed by atoms with Crippen LogP contribution in [-0.4, -0.2) is 26.3 Å². The molecule has 2 amide bonds. The molecule has 0 unspecified atom stereocenters. The lowest BCUT2D eigenvalue weighted by atomic mass is 10.1. The van der Waals surface area contributed by atoms with Gasteiger partial charge in [-0.05, 0) is 30.4 Å². The van der Waals surface area contributed by atoms with E-state index in [1.807, 2.05) is 12.1 Å². The summed E-state index contributed by atoms with van der Waals surface area (Å²) in [4.78, 5) is 11.7. The van der Waals surface area contributed by atoms with Gasteiger partial charge in [0, 0.05) is 20.3 Å². The summed E-state index contributed by atoms with van der Waals surface area (Å²) in [5.74, 6) is 0. The van der Waals surface area contributed by atoms with Crippen LogP contribution in [0.25, 0.3) is 0 Å². The number of aryl methyl sites for hydroxylation is 1. The lowest BCUT2D eigenvalue weighted by molar-refractivity contribution is 0.193. The monoisotopic (exact) mass is 248 g/mol. The Labute approximate surface area is 108 Å². The van der Waals surface area contributed by atoms with Gasteiger partial charge in [0.2, 0.25) is 0 Å². The second-order valence-corrected chi connectivity index (χ2v) is 4.54. The van der Waals surface area contributed by atoms with E-state index in [1.54, 1.807) is 7.11 Å². The van der Waals surface area contributed by atoms with E-state index < -0.39 is 0 Å². The molecule has 18 heavy (non-hydrogen) atoms. The van der Waals surface area contributed by atoms with E-state index in [0.717, 1.165) is 19.3 Å². The minimum atomic E-state index is -0.0900. The number of fused-ring (bicyclic) bond motifs is 1. The van der Waals surface area contributed by atoms with E-state index in [9.17, 15) is 4.79 Å². The Morgan fingerprint density at radius 1 is 1.44 bits per heavy atom. The highest BCUT2D eigenvalue weighted by atomic mass is 16.5. The van der Waals surface area contributed by atoms with Crippen LogP contribution in [0.2, 0.25) is 0 Å². The predicted octanol–water partition coefficient (Wildman–Crippen LogP) is 2.01. The van der Waals surface area contributed by atoms with Gasteiger partial charge in [-0.15, -0.1) is 0 Å². The summed E-state index contributed by atoms with van der Waals surface area (Å²) >= 11 is 0. The lowest BCUT2D eigenvalue weighted by Gasteiger charge is -2.14. The average molecular weight is 248 g/mol. The molecule has 0 radical (unpaired) electrons. The molecule has 0 spiro atoms. The number of methoxy groups -OCH3 is 1. The van der Waals surface area contributed by atoms with Crippen molar-refractivity contribution in [1.82, 2.24) is 10.6 Å². The Morgan fingerprint density at radius 3 is 3.11 bits per heavy atom. The van der Waals surface area contributed by atoms with Gasteiger partial charge in [0.05, 0.1) is 6.04 Å². The molecule has 4 heteroatoms. The molecule has 4 nitrogen and oxygen atoms in total. The minimum Gasteiger partial charge on any atom is -0.385 e. The summed E-state index contributed by atoms with van der Waals surface area (Å²) in [6.07, 6.45) is 2.88. The summed E-state index contributed by atoms with van der Waals surface area (Å²) in [6.45, 7) is 1.32. The second kappa shape index (κ2) is 6.40. The fourth-order valence-corrected chi connectivity index (χ4v) is 2.33. The van der Waals surface area contributed by atoms with Crippen LogP contribution in [0.3, 0.4) is 0 Å². The summed E-state index contributed by atoms with van der Waals surface area (Å²) < 4.78 is 4.93. The predicted molar refractivity (Wildman–Crippen MR) is 70.5 cm³/mol. The van der Waals surface area contributed by atoms with Crippen LogP contribution in [0.4, 0.5) is 4.79 Å². The second-order valence-electron chi connectivity index (χ2n) is 4.54. The maximum Gasteiger partial charge on any atom is 0.315 e. The van der Waals surface area contributed by atoms with Gasteiger partial charge in [-0.3, -0.25) is 0 Å². The van der Waals surface area contributed by atoms with Crippen molar-refractivity contribution in [3.8, 4) is 0 Å². The highest BCUT2D eigenvalue weighted by Gasteiger charge is 2.22. The number of hydrogen-bond donors (Lipinski definition) is 2. The molecule has 1 aliphatic rings. The first-order chi connectivity index (χ1) is 8.81. The molecular formula is C14H20N2O2. The number of amides is 2. The molecular weight excluding hydrogens is 228 g/mol. The summed E-state index contributed by atoms with van der Waals surface area (Å²) in [6, 6.07) is 8.36. The maximum absolute atomic E-state index is 11.7. The van der Waals surface area contributed by atoms with E-state index in [-0.39, 0.29) is 12.1 Å². The molecule has 1 aliphatic carbocycles. The van der Waals surface area contributed by atoms with Crippen molar-refractivity contribution in [2.75, 3.05) is 20.3 Å². The average Bonchev–Trinajstić information content (AvgIpc) is 2.78. The third-order valence-electron chi connectivity index (χ3n) is 3.25. The van der Waals surface area contributed by atoms with Crippen LogP contribution in [-0.2, 0) is 11.2 Å². The molecule has 0 heterocycles. The van der Waals surface area contributed by atoms with Gasteiger partial charge in [-0.1, -0.05) is 24.3 Å². The Hall–Kier alpha value is -1.55. The topological polar surface area (TPSA) is 50.4 Å². The fraction of sp³-hybridized carbons (Fsp3) is 0.500. The van der Waals surface area contributed by atoms with Crippen molar-refractivity contribution in [2.24, 2.45) is 0 Å². The number of rotatable bonds is 5. The number of urea groups is 1. The number of hydrogen-bond acceptors (Lipinski definition) is 2. The Balaban J connectivity index is 1.79. The largest absolute Gasteiger partial charge is 0.385 e. The standard InChI is InChI=1S/C14H20N2O2/c1-18-10-4-9-15-14(17)16-13-8-7-11-5-2-3-6-12(11)13/h2-3,5-6,13H,4,7-10H2,1H3,(H2,15,16,17)/t13-/m1/s1. The van der Waals surface area contributed by atoms with Crippen molar-refractivity contribution in [3.05, 3.63) is 35.4 Å². The number of carbonyl (C=O) groups is 1. The summed E-state index contributed by atoms with van der Waals surface area (Å²) in [5, 5.41) is 5.87. The van der Waals surface area contributed by atoms with Gasteiger partial charge in [0.25, 0.3) is 0 Å². The van der Waals surface area contributed by atoms with E-state index in [0.29, 0.717) is 13.2 Å². The zero-order valence-electron chi connectivity index (χ0n) is 10.7. The van der Waals surface area contributed by atoms with Crippen LogP contribution in [0.15, 0.2) is 24.3 Å². The minimum absolute atomic E-state index is 0.0900. The highest BCUT2D eigenvalue weighted by Crippen LogP contribution is 2.30. The first-order valence-electron chi connectivity index (χ1n) is 6.42. The zero-order valence-corrected chi connectivity index (χ0v) is 10.7. The van der Waals surface area contributed by atoms with Gasteiger partial charge < -0.3 is 15.4 Å². The van der Waals surface area contributed by atoms with Crippen molar-refractivity contribution >= 4 is 6.03 Å². The molecule has 2 rings (SSSR count). The molecule has 0 saturated heterocycles. The quantitative estimate of drug-likeness (QED) is 0.783. The normalized spacial score (nSPS) is 17.3. The van der Waals surface area contributed by atoms with Crippen LogP contribution in [0, 0.1) is 0 Å². The number of benzene rings is 1. The molecule has 1 aromatic carbocycles. The van der Waals surface area contributed by atoms with E-state index in [1.165, 1.54) is 11.1 Å². The Kier molecular flexibility index (Phi) is 4.59. The van der Waals surface area contributed by atoms with Gasteiger partial charge >= 0.3 is 6.03 Å². The van der Waals surface area contributed by atoms with Crippen molar-refractivity contribution in [3.63, 3.8) is 0 Å². The van der Waals surface area contributed by atoms with Gasteiger partial charge in [-0.25, -0.2) is 4.79 Å². The van der Waals surface area contributed by atoms with Crippen LogP contribution in [0.1, 0.15) is 30.0 Å². The molecule has 0 fully saturated rings. The van der Waals surface area contributed by atoms with Gasteiger partial charge in [0.15, 0.2) is 0 Å². The molecule has 1 atom stereocenters. The third-order valence-corrected chi connectivity index (χ3v) is 3.25. The fourth-order valence-electron chi connectivity index (χ4n) is 2.33. The molecule has 2 N–H and O–H groups in total. The molecule has 0 saturated carbocycles. The SMILES string of the molecule is COCCCNC(=O)N[C@@H]1CCc2ccccc21. The van der Waals surface area contributed by atoms with Gasteiger partial charge in [-0.2, -0.15) is 0 Å². The molecule has 0 bridgehead atoms. The van der Waals surface area contributed by atoms with E-state index in [4.69, 9.17) is 4.74 Å². The lowest BCUT2D eigenvalue weighted by Crippen LogP contribution is -2.38. The van der Waals surface area contributed by atoms with Crippen molar-refractivity contribution in [1.29, 1.82) is 0 Å². The smallest absolute Gasteiger partial charge is 0.315 e. The van der Waals surface area contributed by atoms with Gasteiger partial charge in [0.1, 0.15) is 0 Å². The Bertz CT molecular complexity index is 407. The Morgan fingerprint density at radius 2 is 2.28 bits per heavy atom. The van der Waals surface area contributed by atoms with Crippen molar-refractivity contribution in [2.45, 2.75) is 25.3 Å². The van der Waals surface area contributed by atoms with Crippen LogP contribution >= 0.6 is 0 Å². The summed E-state index contributed by atoms with van der Waals surface area (Å²) in [5.41, 5.74) is 2.60. The highest BCUT2D eigenvalue weighted by molar-refractivity contribution is 5.74. The first kappa shape index (κ1) is 12.9. The summed E-state index contributed by atoms with van der Waals surface area (Å²) in [7, 11) is 1.66. The number of carbonyl (C=O) groups excluding carboxylic acids is 1. The third kappa shape index (κ3) is 3.23. The number of nitrogens with one attached hydrogen (secondary N) is 2. The first-order valence-corrected chi connectivity index (χ1v) is 6.42. The number of ether oxygens (including phenoxy) is 1. The van der Waals surface area contributed by atoms with Crippen molar-refractivity contribution < 1.29 is 9.53 Å². The molecule has 1 aromatic rings. The molecule has 0 aromatic heterocycles. The molecule has 0 aliphatic heterocycles. The molecule has 98 valence electrons.